The molecule has 1 aromatic carbocycles. The Kier molecular flexibility index (Phi) is 4.34. The number of anilines is 2. The minimum atomic E-state index is 0.608. The molecule has 5 heteroatoms. The molecular formula is C17H19N5. The van der Waals surface area contributed by atoms with Gasteiger partial charge in [0.2, 0.25) is 5.95 Å². The molecule has 0 amide bonds. The molecule has 0 saturated carbocycles. The van der Waals surface area contributed by atoms with E-state index < -0.39 is 0 Å². The second-order valence-corrected chi connectivity index (χ2v) is 4.97. The van der Waals surface area contributed by atoms with Gasteiger partial charge in [0.15, 0.2) is 0 Å². The van der Waals surface area contributed by atoms with E-state index in [2.05, 4.69) is 56.6 Å². The zero-order valence-corrected chi connectivity index (χ0v) is 12.3. The Morgan fingerprint density at radius 2 is 2.09 bits per heavy atom. The first-order chi connectivity index (χ1) is 10.9. The number of H-pyrrole nitrogens is 1. The third kappa shape index (κ3) is 3.25. The Balaban J connectivity index is 1.60. The minimum absolute atomic E-state index is 0.608. The maximum absolute atomic E-state index is 4.40. The number of nitrogens with one attached hydrogen (secondary N) is 3. The molecule has 112 valence electrons. The van der Waals surface area contributed by atoms with Crippen LogP contribution in [0.4, 0.5) is 11.8 Å². The lowest BCUT2D eigenvalue weighted by Crippen LogP contribution is -2.08. The highest BCUT2D eigenvalue weighted by atomic mass is 15.1. The SMILES string of the molecule is C=CCNc1nccc(NCCc2c[nH]c3ccccc23)n1. The van der Waals surface area contributed by atoms with Crippen LogP contribution in [-0.2, 0) is 6.42 Å². The molecule has 3 N–H and O–H groups in total. The summed E-state index contributed by atoms with van der Waals surface area (Å²) in [5, 5.41) is 7.69. The molecule has 0 bridgehead atoms. The predicted molar refractivity (Wildman–Crippen MR) is 91.2 cm³/mol. The minimum Gasteiger partial charge on any atom is -0.370 e. The predicted octanol–water partition coefficient (Wildman–Crippen LogP) is 3.21. The molecule has 0 aliphatic rings. The third-order valence-corrected chi connectivity index (χ3v) is 3.44. The summed E-state index contributed by atoms with van der Waals surface area (Å²) in [5.41, 5.74) is 2.48. The second-order valence-electron chi connectivity index (χ2n) is 4.97. The number of para-hydroxylation sites is 1. The molecule has 0 aliphatic carbocycles. The van der Waals surface area contributed by atoms with Gasteiger partial charge < -0.3 is 15.6 Å². The fourth-order valence-corrected chi connectivity index (χ4v) is 2.37. The Hall–Kier alpha value is -2.82. The van der Waals surface area contributed by atoms with Gasteiger partial charge in [0, 0.05) is 36.4 Å². The van der Waals surface area contributed by atoms with Crippen LogP contribution in [0.5, 0.6) is 0 Å². The number of aromatic nitrogens is 3. The second kappa shape index (κ2) is 6.76. The van der Waals surface area contributed by atoms with Gasteiger partial charge in [0.25, 0.3) is 0 Å². The molecule has 0 unspecified atom stereocenters. The van der Waals surface area contributed by atoms with E-state index >= 15 is 0 Å². The summed E-state index contributed by atoms with van der Waals surface area (Å²) in [4.78, 5) is 11.9. The van der Waals surface area contributed by atoms with Crippen LogP contribution in [0, 0.1) is 0 Å². The molecule has 0 radical (unpaired) electrons. The summed E-state index contributed by atoms with van der Waals surface area (Å²) < 4.78 is 0. The van der Waals surface area contributed by atoms with Crippen LogP contribution in [0.25, 0.3) is 10.9 Å². The molecular weight excluding hydrogens is 274 g/mol. The monoisotopic (exact) mass is 293 g/mol. The van der Waals surface area contributed by atoms with E-state index in [4.69, 9.17) is 0 Å². The van der Waals surface area contributed by atoms with Crippen molar-refractivity contribution in [3.05, 3.63) is 60.9 Å². The Labute approximate surface area is 129 Å². The van der Waals surface area contributed by atoms with Gasteiger partial charge in [-0.2, -0.15) is 4.98 Å². The molecule has 22 heavy (non-hydrogen) atoms. The van der Waals surface area contributed by atoms with E-state index in [1.54, 1.807) is 12.3 Å². The number of nitrogens with zero attached hydrogens (tertiary/aromatic N) is 2. The summed E-state index contributed by atoms with van der Waals surface area (Å²) in [6, 6.07) is 10.2. The topological polar surface area (TPSA) is 65.6 Å². The van der Waals surface area contributed by atoms with Crippen molar-refractivity contribution in [3.8, 4) is 0 Å². The zero-order chi connectivity index (χ0) is 15.2. The summed E-state index contributed by atoms with van der Waals surface area (Å²) in [6.45, 7) is 5.14. The lowest BCUT2D eigenvalue weighted by molar-refractivity contribution is 1.00. The number of hydrogen-bond donors (Lipinski definition) is 3. The first-order valence-electron chi connectivity index (χ1n) is 7.33. The first-order valence-corrected chi connectivity index (χ1v) is 7.33. The fourth-order valence-electron chi connectivity index (χ4n) is 2.37. The van der Waals surface area contributed by atoms with Crippen molar-refractivity contribution in [2.45, 2.75) is 6.42 Å². The smallest absolute Gasteiger partial charge is 0.224 e. The molecule has 3 rings (SSSR count). The average molecular weight is 293 g/mol. The van der Waals surface area contributed by atoms with E-state index in [1.807, 2.05) is 12.1 Å². The van der Waals surface area contributed by atoms with Crippen molar-refractivity contribution in [2.24, 2.45) is 0 Å². The Morgan fingerprint density at radius 1 is 1.18 bits per heavy atom. The maximum Gasteiger partial charge on any atom is 0.224 e. The van der Waals surface area contributed by atoms with E-state index in [0.717, 1.165) is 18.8 Å². The number of rotatable bonds is 7. The van der Waals surface area contributed by atoms with E-state index in [-0.39, 0.29) is 0 Å². The van der Waals surface area contributed by atoms with Crippen molar-refractivity contribution in [1.29, 1.82) is 0 Å². The molecule has 0 saturated heterocycles. The van der Waals surface area contributed by atoms with Gasteiger partial charge in [0.1, 0.15) is 5.82 Å². The van der Waals surface area contributed by atoms with Gasteiger partial charge in [-0.3, -0.25) is 0 Å². The molecule has 2 aromatic heterocycles. The summed E-state index contributed by atoms with van der Waals surface area (Å²) in [6.07, 6.45) is 6.53. The number of fused-ring (bicyclic) bond motifs is 1. The maximum atomic E-state index is 4.40. The number of hydrogen-bond acceptors (Lipinski definition) is 4. The van der Waals surface area contributed by atoms with Crippen molar-refractivity contribution < 1.29 is 0 Å². The van der Waals surface area contributed by atoms with Crippen LogP contribution < -0.4 is 10.6 Å². The molecule has 0 atom stereocenters. The Bertz CT molecular complexity index is 762. The van der Waals surface area contributed by atoms with E-state index in [9.17, 15) is 0 Å². The van der Waals surface area contributed by atoms with Crippen molar-refractivity contribution in [3.63, 3.8) is 0 Å². The van der Waals surface area contributed by atoms with Crippen LogP contribution >= 0.6 is 0 Å². The molecule has 3 aromatic rings. The van der Waals surface area contributed by atoms with Crippen molar-refractivity contribution in [2.75, 3.05) is 23.7 Å². The quantitative estimate of drug-likeness (QED) is 0.585. The first kappa shape index (κ1) is 14.1. The van der Waals surface area contributed by atoms with Gasteiger partial charge in [-0.15, -0.1) is 6.58 Å². The van der Waals surface area contributed by atoms with Crippen LogP contribution in [0.1, 0.15) is 5.56 Å². The molecule has 2 heterocycles. The molecule has 0 spiro atoms. The Morgan fingerprint density at radius 3 is 3.00 bits per heavy atom. The van der Waals surface area contributed by atoms with Crippen molar-refractivity contribution >= 4 is 22.7 Å². The van der Waals surface area contributed by atoms with Gasteiger partial charge in [-0.05, 0) is 24.1 Å². The van der Waals surface area contributed by atoms with Crippen LogP contribution in [-0.4, -0.2) is 28.0 Å². The summed E-state index contributed by atoms with van der Waals surface area (Å²) >= 11 is 0. The van der Waals surface area contributed by atoms with Gasteiger partial charge in [-0.1, -0.05) is 24.3 Å². The third-order valence-electron chi connectivity index (χ3n) is 3.44. The molecule has 0 fully saturated rings. The van der Waals surface area contributed by atoms with Crippen molar-refractivity contribution in [1.82, 2.24) is 15.0 Å². The summed E-state index contributed by atoms with van der Waals surface area (Å²) in [5.74, 6) is 1.43. The highest BCUT2D eigenvalue weighted by Crippen LogP contribution is 2.18. The zero-order valence-electron chi connectivity index (χ0n) is 12.3. The molecule has 0 aliphatic heterocycles. The van der Waals surface area contributed by atoms with Crippen LogP contribution in [0.15, 0.2) is 55.4 Å². The average Bonchev–Trinajstić information content (AvgIpc) is 2.97. The normalized spacial score (nSPS) is 10.5. The van der Waals surface area contributed by atoms with Gasteiger partial charge in [0.05, 0.1) is 0 Å². The highest BCUT2D eigenvalue weighted by molar-refractivity contribution is 5.83. The number of aromatic amines is 1. The largest absolute Gasteiger partial charge is 0.370 e. The summed E-state index contributed by atoms with van der Waals surface area (Å²) in [7, 11) is 0. The lowest BCUT2D eigenvalue weighted by Gasteiger charge is -2.07. The van der Waals surface area contributed by atoms with Gasteiger partial charge >= 0.3 is 0 Å². The number of benzene rings is 1. The van der Waals surface area contributed by atoms with Crippen LogP contribution in [0.2, 0.25) is 0 Å². The standard InChI is InChI=1S/C17H19N5/c1-2-9-19-17-20-11-8-16(22-17)18-10-7-13-12-21-15-6-4-3-5-14(13)15/h2-6,8,11-12,21H,1,7,9-10H2,(H2,18,19,20,22). The lowest BCUT2D eigenvalue weighted by atomic mass is 10.1. The highest BCUT2D eigenvalue weighted by Gasteiger charge is 2.03. The van der Waals surface area contributed by atoms with Gasteiger partial charge in [-0.25, -0.2) is 4.98 Å². The van der Waals surface area contributed by atoms with E-state index in [1.165, 1.54) is 16.5 Å². The van der Waals surface area contributed by atoms with Crippen LogP contribution in [0.3, 0.4) is 0 Å². The molecule has 5 nitrogen and oxygen atoms in total. The van der Waals surface area contributed by atoms with E-state index in [0.29, 0.717) is 12.5 Å². The fraction of sp³-hybridized carbons (Fsp3) is 0.176.